The van der Waals surface area contributed by atoms with Gasteiger partial charge >= 0.3 is 12.1 Å². The Morgan fingerprint density at radius 1 is 0.821 bits per heavy atom. The molecule has 0 saturated heterocycles. The highest BCUT2D eigenvalue weighted by Gasteiger charge is 2.27. The Balaban J connectivity index is 2.30. The normalized spacial score (nSPS) is 10.3. The predicted molar refractivity (Wildman–Crippen MR) is 102 cm³/mol. The van der Waals surface area contributed by atoms with Crippen LogP contribution in [0.15, 0.2) is 72.8 Å². The van der Waals surface area contributed by atoms with Gasteiger partial charge in [-0.1, -0.05) is 48.5 Å². The number of carbonyl (C=O) groups is 2. The van der Waals surface area contributed by atoms with Gasteiger partial charge in [0.25, 0.3) is 5.69 Å². The monoisotopic (exact) mass is 378 g/mol. The van der Waals surface area contributed by atoms with Crippen LogP contribution in [-0.4, -0.2) is 27.2 Å². The van der Waals surface area contributed by atoms with Gasteiger partial charge in [-0.05, 0) is 18.2 Å². The summed E-state index contributed by atoms with van der Waals surface area (Å²) >= 11 is 0. The molecular formula is C20H14N2O6. The van der Waals surface area contributed by atoms with Crippen molar-refractivity contribution in [2.24, 2.45) is 0 Å². The number of aromatic carboxylic acids is 1. The molecule has 0 radical (unpaired) electrons. The molecule has 0 aliphatic heterocycles. The number of hydrogen-bond donors (Lipinski definition) is 2. The van der Waals surface area contributed by atoms with Gasteiger partial charge in [0, 0.05) is 17.2 Å². The van der Waals surface area contributed by atoms with Crippen LogP contribution in [0.2, 0.25) is 0 Å². The number of carboxylic acid groups (broad SMARTS) is 2. The van der Waals surface area contributed by atoms with Crippen LogP contribution < -0.4 is 4.90 Å². The maximum Gasteiger partial charge on any atom is 0.416 e. The fourth-order valence-corrected chi connectivity index (χ4v) is 2.97. The quantitative estimate of drug-likeness (QED) is 0.487. The molecule has 0 heterocycles. The van der Waals surface area contributed by atoms with Crippen molar-refractivity contribution in [2.45, 2.75) is 0 Å². The van der Waals surface area contributed by atoms with Crippen molar-refractivity contribution in [1.82, 2.24) is 0 Å². The molecule has 3 aromatic carbocycles. The topological polar surface area (TPSA) is 121 Å². The lowest BCUT2D eigenvalue weighted by atomic mass is 9.96. The minimum Gasteiger partial charge on any atom is -0.477 e. The Kier molecular flexibility index (Phi) is 5.03. The summed E-state index contributed by atoms with van der Waals surface area (Å²) in [5.74, 6) is -1.47. The second kappa shape index (κ2) is 7.58. The minimum atomic E-state index is -1.47. The van der Waals surface area contributed by atoms with E-state index in [1.807, 2.05) is 0 Å². The third-order valence-electron chi connectivity index (χ3n) is 4.09. The lowest BCUT2D eigenvalue weighted by Gasteiger charge is -2.23. The van der Waals surface area contributed by atoms with Gasteiger partial charge in [0.05, 0.1) is 16.3 Å². The smallest absolute Gasteiger partial charge is 0.416 e. The predicted octanol–water partition coefficient (Wildman–Crippen LogP) is 4.78. The van der Waals surface area contributed by atoms with Crippen LogP contribution in [0, 0.1) is 10.1 Å². The molecule has 0 bridgehead atoms. The molecule has 0 spiro atoms. The minimum absolute atomic E-state index is 0.0551. The van der Waals surface area contributed by atoms with E-state index in [0.717, 1.165) is 11.0 Å². The number of nitrogens with zero attached hydrogens (tertiary/aromatic N) is 2. The first-order valence-corrected chi connectivity index (χ1v) is 8.10. The lowest BCUT2D eigenvalue weighted by molar-refractivity contribution is -0.385. The molecule has 1 amide bonds. The number of carboxylic acids is 1. The molecule has 0 aliphatic carbocycles. The van der Waals surface area contributed by atoms with Crippen molar-refractivity contribution in [1.29, 1.82) is 0 Å². The van der Waals surface area contributed by atoms with Gasteiger partial charge in [0.15, 0.2) is 0 Å². The summed E-state index contributed by atoms with van der Waals surface area (Å²) in [5.41, 5.74) is -0.233. The molecule has 28 heavy (non-hydrogen) atoms. The number of rotatable bonds is 5. The van der Waals surface area contributed by atoms with E-state index in [1.165, 1.54) is 24.3 Å². The Labute approximate surface area is 159 Å². The van der Waals surface area contributed by atoms with Gasteiger partial charge in [-0.25, -0.2) is 14.5 Å². The lowest BCUT2D eigenvalue weighted by Crippen LogP contribution is -2.24. The van der Waals surface area contributed by atoms with E-state index in [-0.39, 0.29) is 16.8 Å². The van der Waals surface area contributed by atoms with Crippen LogP contribution >= 0.6 is 0 Å². The molecule has 2 N–H and O–H groups in total. The third-order valence-corrected chi connectivity index (χ3v) is 4.09. The van der Waals surface area contributed by atoms with Crippen LogP contribution in [0.1, 0.15) is 10.4 Å². The van der Waals surface area contributed by atoms with Crippen molar-refractivity contribution in [2.75, 3.05) is 4.90 Å². The average Bonchev–Trinajstić information content (AvgIpc) is 2.68. The van der Waals surface area contributed by atoms with Crippen LogP contribution in [0.3, 0.4) is 0 Å². The van der Waals surface area contributed by atoms with Crippen LogP contribution in [0.5, 0.6) is 0 Å². The van der Waals surface area contributed by atoms with E-state index in [0.29, 0.717) is 5.69 Å². The molecular weight excluding hydrogens is 364 g/mol. The Morgan fingerprint density at radius 3 is 2.04 bits per heavy atom. The Hall–Kier alpha value is -4.20. The van der Waals surface area contributed by atoms with Gasteiger partial charge in [-0.15, -0.1) is 0 Å². The number of hydrogen-bond acceptors (Lipinski definition) is 4. The highest BCUT2D eigenvalue weighted by atomic mass is 16.6. The van der Waals surface area contributed by atoms with Crippen molar-refractivity contribution in [3.05, 3.63) is 88.5 Å². The molecule has 0 atom stereocenters. The highest BCUT2D eigenvalue weighted by molar-refractivity contribution is 6.05. The summed E-state index contributed by atoms with van der Waals surface area (Å²) in [4.78, 5) is 35.3. The molecule has 0 aliphatic rings. The molecule has 140 valence electrons. The Morgan fingerprint density at radius 2 is 1.43 bits per heavy atom. The van der Waals surface area contributed by atoms with Crippen molar-refractivity contribution < 1.29 is 24.7 Å². The first kappa shape index (κ1) is 18.6. The van der Waals surface area contributed by atoms with Gasteiger partial charge in [0.1, 0.15) is 5.56 Å². The highest BCUT2D eigenvalue weighted by Crippen LogP contribution is 2.39. The summed E-state index contributed by atoms with van der Waals surface area (Å²) < 4.78 is 0. The molecule has 3 aromatic rings. The molecule has 8 heteroatoms. The summed E-state index contributed by atoms with van der Waals surface area (Å²) in [6.07, 6.45) is -1.28. The average molecular weight is 378 g/mol. The largest absolute Gasteiger partial charge is 0.477 e. The van der Waals surface area contributed by atoms with E-state index in [4.69, 9.17) is 0 Å². The number of anilines is 2. The molecule has 0 aromatic heterocycles. The molecule has 3 rings (SSSR count). The summed E-state index contributed by atoms with van der Waals surface area (Å²) in [5, 5.41) is 30.6. The number of para-hydroxylation sites is 2. The zero-order chi connectivity index (χ0) is 20.3. The Bertz CT molecular complexity index is 1070. The molecule has 8 nitrogen and oxygen atoms in total. The number of nitro benzene ring substituents is 1. The SMILES string of the molecule is O=C(O)c1c(-c2ccccc2N(C(=O)O)c2ccccc2)cccc1[N+](=O)[O-]. The number of amides is 1. The van der Waals surface area contributed by atoms with Crippen molar-refractivity contribution in [3.63, 3.8) is 0 Å². The van der Waals surface area contributed by atoms with Crippen molar-refractivity contribution >= 4 is 29.1 Å². The van der Waals surface area contributed by atoms with Crippen molar-refractivity contribution in [3.8, 4) is 11.1 Å². The maximum atomic E-state index is 12.0. The first-order valence-electron chi connectivity index (χ1n) is 8.10. The van der Waals surface area contributed by atoms with E-state index in [2.05, 4.69) is 0 Å². The van der Waals surface area contributed by atoms with Gasteiger partial charge in [-0.2, -0.15) is 0 Å². The van der Waals surface area contributed by atoms with Crippen LogP contribution in [-0.2, 0) is 0 Å². The fourth-order valence-electron chi connectivity index (χ4n) is 2.97. The zero-order valence-electron chi connectivity index (χ0n) is 14.4. The first-order chi connectivity index (χ1) is 13.4. The summed E-state index contributed by atoms with van der Waals surface area (Å²) in [6.45, 7) is 0. The van der Waals surface area contributed by atoms with Gasteiger partial charge in [0.2, 0.25) is 0 Å². The van der Waals surface area contributed by atoms with Gasteiger partial charge < -0.3 is 10.2 Å². The molecule has 0 saturated carbocycles. The second-order valence-electron chi connectivity index (χ2n) is 5.73. The van der Waals surface area contributed by atoms with Crippen LogP contribution in [0.4, 0.5) is 21.9 Å². The standard InChI is InChI=1S/C20H14N2O6/c23-19(24)18-15(10-6-12-17(18)22(27)28)14-9-4-5-11-16(14)21(20(25)26)13-7-2-1-3-8-13/h1-12H,(H,23,24)(H,25,26). The molecule has 0 unspecified atom stereocenters. The van der Waals surface area contributed by atoms with Gasteiger partial charge in [-0.3, -0.25) is 10.1 Å². The van der Waals surface area contributed by atoms with E-state index >= 15 is 0 Å². The molecule has 0 fully saturated rings. The summed E-state index contributed by atoms with van der Waals surface area (Å²) in [6, 6.07) is 18.4. The second-order valence-corrected chi connectivity index (χ2v) is 5.73. The third kappa shape index (κ3) is 3.38. The van der Waals surface area contributed by atoms with Crippen LogP contribution in [0.25, 0.3) is 11.1 Å². The van der Waals surface area contributed by atoms with E-state index < -0.39 is 28.2 Å². The van der Waals surface area contributed by atoms with E-state index in [1.54, 1.807) is 42.5 Å². The maximum absolute atomic E-state index is 12.0. The fraction of sp³-hybridized carbons (Fsp3) is 0. The summed E-state index contributed by atoms with van der Waals surface area (Å²) in [7, 11) is 0. The number of benzene rings is 3. The zero-order valence-corrected chi connectivity index (χ0v) is 14.4. The number of nitro groups is 1. The van der Waals surface area contributed by atoms with E-state index in [9.17, 15) is 29.9 Å².